The van der Waals surface area contributed by atoms with Crippen molar-refractivity contribution < 1.29 is 4.79 Å². The monoisotopic (exact) mass is 286 g/mol. The van der Waals surface area contributed by atoms with Gasteiger partial charge in [-0.1, -0.05) is 12.1 Å². The Bertz CT molecular complexity index is 621. The van der Waals surface area contributed by atoms with E-state index in [0.29, 0.717) is 5.69 Å². The van der Waals surface area contributed by atoms with Crippen molar-refractivity contribution in [2.45, 2.75) is 25.8 Å². The number of hydrogen-bond acceptors (Lipinski definition) is 3. The maximum Gasteiger partial charge on any atom is 0.254 e. The second-order valence-corrected chi connectivity index (χ2v) is 6.23. The molecule has 1 aromatic heterocycles. The number of carbonyl (C=O) groups is 1. The van der Waals surface area contributed by atoms with Crippen LogP contribution >= 0.6 is 11.3 Å². The highest BCUT2D eigenvalue weighted by Crippen LogP contribution is 2.35. The van der Waals surface area contributed by atoms with E-state index in [4.69, 9.17) is 5.73 Å². The summed E-state index contributed by atoms with van der Waals surface area (Å²) >= 11 is 1.73. The molecule has 1 unspecified atom stereocenters. The molecule has 0 aliphatic carbocycles. The number of aryl methyl sites for hydroxylation is 1. The van der Waals surface area contributed by atoms with Crippen LogP contribution < -0.4 is 5.73 Å². The fraction of sp³-hybridized carbons (Fsp3) is 0.312. The average molecular weight is 286 g/mol. The molecule has 2 aromatic rings. The standard InChI is InChI=1S/C16H18N2OS/c1-11-6-7-12(17)10-13(11)16(19)18-8-2-4-14(18)15-5-3-9-20-15/h3,5-7,9-10,14H,2,4,8,17H2,1H3. The van der Waals surface area contributed by atoms with Crippen molar-refractivity contribution >= 4 is 22.9 Å². The highest BCUT2D eigenvalue weighted by molar-refractivity contribution is 7.10. The predicted octanol–water partition coefficient (Wildman–Crippen LogP) is 3.62. The van der Waals surface area contributed by atoms with Gasteiger partial charge in [0.2, 0.25) is 0 Å². The number of thiophene rings is 1. The van der Waals surface area contributed by atoms with Crippen LogP contribution in [0.4, 0.5) is 5.69 Å². The summed E-state index contributed by atoms with van der Waals surface area (Å²) in [6, 6.07) is 9.94. The second kappa shape index (κ2) is 5.29. The number of nitrogens with two attached hydrogens (primary N) is 1. The van der Waals surface area contributed by atoms with Crippen molar-refractivity contribution in [1.29, 1.82) is 0 Å². The normalized spacial score (nSPS) is 18.4. The van der Waals surface area contributed by atoms with Crippen molar-refractivity contribution in [3.8, 4) is 0 Å². The van der Waals surface area contributed by atoms with Gasteiger partial charge in [0.25, 0.3) is 5.91 Å². The molecule has 3 rings (SSSR count). The number of likely N-dealkylation sites (tertiary alicyclic amines) is 1. The van der Waals surface area contributed by atoms with Gasteiger partial charge in [0.1, 0.15) is 0 Å². The summed E-state index contributed by atoms with van der Waals surface area (Å²) in [5.41, 5.74) is 8.19. The van der Waals surface area contributed by atoms with E-state index < -0.39 is 0 Å². The summed E-state index contributed by atoms with van der Waals surface area (Å²) in [7, 11) is 0. The molecule has 1 fully saturated rings. The van der Waals surface area contributed by atoms with E-state index in [1.807, 2.05) is 30.0 Å². The van der Waals surface area contributed by atoms with Crippen LogP contribution in [-0.2, 0) is 0 Å². The number of rotatable bonds is 2. The van der Waals surface area contributed by atoms with E-state index in [1.165, 1.54) is 4.88 Å². The molecule has 1 atom stereocenters. The SMILES string of the molecule is Cc1ccc(N)cc1C(=O)N1CCCC1c1cccs1. The first-order valence-electron chi connectivity index (χ1n) is 6.87. The van der Waals surface area contributed by atoms with Crippen LogP contribution in [-0.4, -0.2) is 17.4 Å². The zero-order chi connectivity index (χ0) is 14.1. The highest BCUT2D eigenvalue weighted by atomic mass is 32.1. The van der Waals surface area contributed by atoms with Crippen molar-refractivity contribution in [3.05, 3.63) is 51.7 Å². The number of nitrogens with zero attached hydrogens (tertiary/aromatic N) is 1. The van der Waals surface area contributed by atoms with Gasteiger partial charge in [-0.15, -0.1) is 11.3 Å². The molecule has 1 aromatic carbocycles. The first-order chi connectivity index (χ1) is 9.66. The highest BCUT2D eigenvalue weighted by Gasteiger charge is 2.31. The Balaban J connectivity index is 1.91. The molecule has 1 aliphatic heterocycles. The number of hydrogen-bond donors (Lipinski definition) is 1. The third-order valence-electron chi connectivity index (χ3n) is 3.88. The molecular weight excluding hydrogens is 268 g/mol. The molecule has 3 nitrogen and oxygen atoms in total. The van der Waals surface area contributed by atoms with Gasteiger partial charge in [-0.05, 0) is 48.9 Å². The molecule has 0 radical (unpaired) electrons. The molecule has 4 heteroatoms. The second-order valence-electron chi connectivity index (χ2n) is 5.25. The summed E-state index contributed by atoms with van der Waals surface area (Å²) in [6.45, 7) is 2.79. The summed E-state index contributed by atoms with van der Waals surface area (Å²) in [5.74, 6) is 0.103. The van der Waals surface area contributed by atoms with Crippen LogP contribution in [0.15, 0.2) is 35.7 Å². The van der Waals surface area contributed by atoms with Crippen molar-refractivity contribution in [3.63, 3.8) is 0 Å². The number of benzene rings is 1. The molecule has 1 aliphatic rings. The third-order valence-corrected chi connectivity index (χ3v) is 4.85. The number of anilines is 1. The largest absolute Gasteiger partial charge is 0.399 e. The lowest BCUT2D eigenvalue weighted by Gasteiger charge is -2.24. The number of nitrogen functional groups attached to an aromatic ring is 1. The van der Waals surface area contributed by atoms with E-state index in [-0.39, 0.29) is 11.9 Å². The van der Waals surface area contributed by atoms with Gasteiger partial charge in [0, 0.05) is 22.7 Å². The number of amides is 1. The van der Waals surface area contributed by atoms with E-state index in [0.717, 1.165) is 30.5 Å². The molecule has 0 saturated carbocycles. The quantitative estimate of drug-likeness (QED) is 0.857. The van der Waals surface area contributed by atoms with Gasteiger partial charge in [0.15, 0.2) is 0 Å². The number of carbonyl (C=O) groups excluding carboxylic acids is 1. The molecule has 1 amide bonds. The minimum Gasteiger partial charge on any atom is -0.399 e. The third kappa shape index (κ3) is 2.31. The maximum atomic E-state index is 12.8. The minimum absolute atomic E-state index is 0.103. The Hall–Kier alpha value is -1.81. The molecular formula is C16H18N2OS. The first-order valence-corrected chi connectivity index (χ1v) is 7.75. The Morgan fingerprint density at radius 2 is 2.25 bits per heavy atom. The van der Waals surface area contributed by atoms with Crippen LogP contribution in [0.3, 0.4) is 0 Å². The van der Waals surface area contributed by atoms with Gasteiger partial charge in [-0.25, -0.2) is 0 Å². The zero-order valence-corrected chi connectivity index (χ0v) is 12.3. The van der Waals surface area contributed by atoms with Crippen molar-refractivity contribution in [1.82, 2.24) is 4.90 Å². The van der Waals surface area contributed by atoms with Crippen molar-refractivity contribution in [2.24, 2.45) is 0 Å². The Labute approximate surface area is 123 Å². The fourth-order valence-electron chi connectivity index (χ4n) is 2.81. The molecule has 1 saturated heterocycles. The Morgan fingerprint density at radius 3 is 3.00 bits per heavy atom. The lowest BCUT2D eigenvalue weighted by molar-refractivity contribution is 0.0737. The van der Waals surface area contributed by atoms with Gasteiger partial charge < -0.3 is 10.6 Å². The van der Waals surface area contributed by atoms with Crippen LogP contribution in [0.25, 0.3) is 0 Å². The molecule has 20 heavy (non-hydrogen) atoms. The van der Waals surface area contributed by atoms with Gasteiger partial charge in [0.05, 0.1) is 6.04 Å². The maximum absolute atomic E-state index is 12.8. The molecule has 2 heterocycles. The van der Waals surface area contributed by atoms with E-state index in [9.17, 15) is 4.79 Å². The zero-order valence-electron chi connectivity index (χ0n) is 11.5. The van der Waals surface area contributed by atoms with E-state index in [2.05, 4.69) is 11.4 Å². The average Bonchev–Trinajstić information content (AvgIpc) is 3.10. The molecule has 2 N–H and O–H groups in total. The lowest BCUT2D eigenvalue weighted by Crippen LogP contribution is -2.30. The molecule has 0 spiro atoms. The van der Waals surface area contributed by atoms with Crippen LogP contribution in [0, 0.1) is 6.92 Å². The first kappa shape index (κ1) is 13.2. The van der Waals surface area contributed by atoms with Gasteiger partial charge in [-0.3, -0.25) is 4.79 Å². The van der Waals surface area contributed by atoms with Crippen LogP contribution in [0.1, 0.15) is 39.7 Å². The Morgan fingerprint density at radius 1 is 1.40 bits per heavy atom. The molecule has 0 bridgehead atoms. The summed E-state index contributed by atoms with van der Waals surface area (Å²) < 4.78 is 0. The van der Waals surface area contributed by atoms with E-state index in [1.54, 1.807) is 17.4 Å². The van der Waals surface area contributed by atoms with Gasteiger partial charge >= 0.3 is 0 Å². The fourth-order valence-corrected chi connectivity index (χ4v) is 3.68. The van der Waals surface area contributed by atoms with E-state index >= 15 is 0 Å². The van der Waals surface area contributed by atoms with Gasteiger partial charge in [-0.2, -0.15) is 0 Å². The Kier molecular flexibility index (Phi) is 3.49. The smallest absolute Gasteiger partial charge is 0.254 e. The van der Waals surface area contributed by atoms with Crippen molar-refractivity contribution in [2.75, 3.05) is 12.3 Å². The summed E-state index contributed by atoms with van der Waals surface area (Å²) in [6.07, 6.45) is 2.11. The lowest BCUT2D eigenvalue weighted by atomic mass is 10.1. The minimum atomic E-state index is 0.103. The summed E-state index contributed by atoms with van der Waals surface area (Å²) in [5, 5.41) is 2.07. The topological polar surface area (TPSA) is 46.3 Å². The van der Waals surface area contributed by atoms with Crippen LogP contribution in [0.5, 0.6) is 0 Å². The summed E-state index contributed by atoms with van der Waals surface area (Å²) in [4.78, 5) is 16.1. The molecule has 104 valence electrons. The van der Waals surface area contributed by atoms with Crippen LogP contribution in [0.2, 0.25) is 0 Å². The predicted molar refractivity (Wildman–Crippen MR) is 82.9 cm³/mol.